The number of rotatable bonds is 2. The second-order valence-electron chi connectivity index (χ2n) is 4.42. The Morgan fingerprint density at radius 3 is 2.65 bits per heavy atom. The zero-order valence-electron chi connectivity index (χ0n) is 10.2. The van der Waals surface area contributed by atoms with E-state index in [1.54, 1.807) is 19.3 Å². The second-order valence-corrected chi connectivity index (χ2v) is 4.42. The van der Waals surface area contributed by atoms with Crippen LogP contribution in [0.3, 0.4) is 0 Å². The van der Waals surface area contributed by atoms with Crippen molar-refractivity contribution in [3.05, 3.63) is 47.8 Å². The number of nitrogens with zero attached hydrogens (tertiary/aromatic N) is 2. The summed E-state index contributed by atoms with van der Waals surface area (Å²) in [5.41, 5.74) is 3.51. The summed E-state index contributed by atoms with van der Waals surface area (Å²) in [5, 5.41) is 0. The molecule has 2 nitrogen and oxygen atoms in total. The summed E-state index contributed by atoms with van der Waals surface area (Å²) in [4.78, 5) is 8.15. The number of aryl methyl sites for hydroxylation is 1. The number of pyridine rings is 2. The first kappa shape index (κ1) is 11.7. The molecule has 17 heavy (non-hydrogen) atoms. The Morgan fingerprint density at radius 1 is 1.24 bits per heavy atom. The van der Waals surface area contributed by atoms with Gasteiger partial charge in [-0.05, 0) is 25.0 Å². The maximum atomic E-state index is 13.1. The van der Waals surface area contributed by atoms with Gasteiger partial charge in [0.25, 0.3) is 0 Å². The molecule has 0 radical (unpaired) electrons. The van der Waals surface area contributed by atoms with Gasteiger partial charge < -0.3 is 0 Å². The van der Waals surface area contributed by atoms with Crippen molar-refractivity contribution in [2.45, 2.75) is 26.7 Å². The van der Waals surface area contributed by atoms with E-state index in [1.807, 2.05) is 18.2 Å². The van der Waals surface area contributed by atoms with E-state index in [9.17, 15) is 4.39 Å². The molecule has 0 aliphatic heterocycles. The molecule has 0 saturated carbocycles. The van der Waals surface area contributed by atoms with Crippen LogP contribution in [0.1, 0.15) is 31.0 Å². The van der Waals surface area contributed by atoms with Crippen molar-refractivity contribution in [1.29, 1.82) is 0 Å². The second kappa shape index (κ2) is 4.62. The van der Waals surface area contributed by atoms with Crippen LogP contribution in [-0.2, 0) is 0 Å². The average molecular weight is 230 g/mol. The van der Waals surface area contributed by atoms with Crippen LogP contribution in [0.25, 0.3) is 11.1 Å². The Hall–Kier alpha value is -1.77. The molecule has 0 saturated heterocycles. The minimum atomic E-state index is -0.413. The van der Waals surface area contributed by atoms with Gasteiger partial charge in [-0.15, -0.1) is 0 Å². The number of halogens is 1. The first-order chi connectivity index (χ1) is 8.09. The van der Waals surface area contributed by atoms with Gasteiger partial charge in [0.2, 0.25) is 5.95 Å². The lowest BCUT2D eigenvalue weighted by Gasteiger charge is -2.11. The predicted molar refractivity (Wildman–Crippen MR) is 66.3 cm³/mol. The summed E-state index contributed by atoms with van der Waals surface area (Å²) in [7, 11) is 0. The molecule has 0 unspecified atom stereocenters. The Morgan fingerprint density at radius 2 is 2.00 bits per heavy atom. The fraction of sp³-hybridized carbons (Fsp3) is 0.286. The molecule has 0 N–H and O–H groups in total. The number of hydrogen-bond donors (Lipinski definition) is 0. The molecular weight excluding hydrogens is 215 g/mol. The third-order valence-corrected chi connectivity index (χ3v) is 2.71. The first-order valence-electron chi connectivity index (χ1n) is 5.67. The molecular formula is C14H15FN2. The monoisotopic (exact) mass is 230 g/mol. The van der Waals surface area contributed by atoms with Gasteiger partial charge >= 0.3 is 0 Å². The van der Waals surface area contributed by atoms with Crippen molar-refractivity contribution in [3.63, 3.8) is 0 Å². The average Bonchev–Trinajstić information content (AvgIpc) is 2.32. The quantitative estimate of drug-likeness (QED) is 0.735. The fourth-order valence-corrected chi connectivity index (χ4v) is 1.83. The summed E-state index contributed by atoms with van der Waals surface area (Å²) in [5.74, 6) is -0.0831. The van der Waals surface area contributed by atoms with Crippen LogP contribution in [0.15, 0.2) is 30.6 Å². The largest absolute Gasteiger partial charge is 0.260 e. The Labute approximate surface area is 101 Å². The first-order valence-corrected chi connectivity index (χ1v) is 5.67. The minimum absolute atomic E-state index is 0.330. The molecule has 2 aromatic rings. The highest BCUT2D eigenvalue weighted by Crippen LogP contribution is 2.27. The van der Waals surface area contributed by atoms with Crippen LogP contribution >= 0.6 is 0 Å². The Bertz CT molecular complexity index is 535. The zero-order chi connectivity index (χ0) is 12.4. The zero-order valence-corrected chi connectivity index (χ0v) is 10.2. The van der Waals surface area contributed by atoms with Crippen LogP contribution in [0.4, 0.5) is 4.39 Å². The molecule has 3 heteroatoms. The van der Waals surface area contributed by atoms with Crippen LogP contribution in [0.2, 0.25) is 0 Å². The molecule has 0 atom stereocenters. The molecule has 0 aromatic carbocycles. The van der Waals surface area contributed by atoms with Crippen molar-refractivity contribution >= 4 is 0 Å². The number of aromatic nitrogens is 2. The van der Waals surface area contributed by atoms with E-state index in [4.69, 9.17) is 0 Å². The van der Waals surface area contributed by atoms with Gasteiger partial charge in [-0.3, -0.25) is 4.98 Å². The molecule has 0 fully saturated rings. The number of hydrogen-bond acceptors (Lipinski definition) is 2. The van der Waals surface area contributed by atoms with Gasteiger partial charge in [-0.2, -0.15) is 4.39 Å². The molecule has 2 aromatic heterocycles. The third-order valence-electron chi connectivity index (χ3n) is 2.71. The molecule has 2 rings (SSSR count). The highest BCUT2D eigenvalue weighted by molar-refractivity contribution is 5.66. The van der Waals surface area contributed by atoms with Crippen molar-refractivity contribution in [3.8, 4) is 11.1 Å². The topological polar surface area (TPSA) is 25.8 Å². The molecule has 0 amide bonds. The Balaban J connectivity index is 2.56. The van der Waals surface area contributed by atoms with Gasteiger partial charge in [-0.1, -0.05) is 19.9 Å². The lowest BCUT2D eigenvalue weighted by Crippen LogP contribution is -1.97. The molecule has 0 aliphatic carbocycles. The van der Waals surface area contributed by atoms with E-state index in [0.29, 0.717) is 11.5 Å². The molecule has 88 valence electrons. The van der Waals surface area contributed by atoms with E-state index in [1.165, 1.54) is 0 Å². The molecule has 0 aliphatic rings. The van der Waals surface area contributed by atoms with E-state index < -0.39 is 5.95 Å². The van der Waals surface area contributed by atoms with Gasteiger partial charge in [0.1, 0.15) is 0 Å². The normalized spacial score (nSPS) is 10.9. The van der Waals surface area contributed by atoms with E-state index in [0.717, 1.165) is 16.8 Å². The fourth-order valence-electron chi connectivity index (χ4n) is 1.83. The van der Waals surface area contributed by atoms with E-state index in [-0.39, 0.29) is 0 Å². The summed E-state index contributed by atoms with van der Waals surface area (Å²) in [6.07, 6.45) is 3.34. The molecule has 0 spiro atoms. The van der Waals surface area contributed by atoms with Crippen LogP contribution in [0, 0.1) is 12.9 Å². The lowest BCUT2D eigenvalue weighted by atomic mass is 9.98. The highest BCUT2D eigenvalue weighted by Gasteiger charge is 2.10. The van der Waals surface area contributed by atoms with Gasteiger partial charge in [0.15, 0.2) is 0 Å². The highest BCUT2D eigenvalue weighted by atomic mass is 19.1. The van der Waals surface area contributed by atoms with Crippen LogP contribution in [0.5, 0.6) is 0 Å². The minimum Gasteiger partial charge on any atom is -0.260 e. The van der Waals surface area contributed by atoms with Crippen molar-refractivity contribution in [2.24, 2.45) is 0 Å². The van der Waals surface area contributed by atoms with Gasteiger partial charge in [0, 0.05) is 29.1 Å². The van der Waals surface area contributed by atoms with Crippen molar-refractivity contribution in [2.75, 3.05) is 0 Å². The van der Waals surface area contributed by atoms with E-state index >= 15 is 0 Å². The smallest absolute Gasteiger partial charge is 0.215 e. The van der Waals surface area contributed by atoms with E-state index in [2.05, 4.69) is 23.8 Å². The predicted octanol–water partition coefficient (Wildman–Crippen LogP) is 3.71. The SMILES string of the molecule is Cc1cc(-c2cccnc2C(C)C)cnc1F. The molecule has 0 bridgehead atoms. The van der Waals surface area contributed by atoms with Gasteiger partial charge in [-0.25, -0.2) is 4.98 Å². The summed E-state index contributed by atoms with van der Waals surface area (Å²) in [6, 6.07) is 5.70. The van der Waals surface area contributed by atoms with Crippen molar-refractivity contribution < 1.29 is 4.39 Å². The lowest BCUT2D eigenvalue weighted by molar-refractivity contribution is 0.575. The van der Waals surface area contributed by atoms with Crippen LogP contribution < -0.4 is 0 Å². The maximum Gasteiger partial charge on any atom is 0.215 e. The van der Waals surface area contributed by atoms with Crippen LogP contribution in [-0.4, -0.2) is 9.97 Å². The maximum absolute atomic E-state index is 13.1. The third kappa shape index (κ3) is 2.33. The molecule has 2 heterocycles. The van der Waals surface area contributed by atoms with Gasteiger partial charge in [0.05, 0.1) is 5.69 Å². The standard InChI is InChI=1S/C14H15FN2/c1-9(2)13-12(5-4-6-16-13)11-7-10(3)14(15)17-8-11/h4-9H,1-3H3. The summed E-state index contributed by atoms with van der Waals surface area (Å²) in [6.45, 7) is 5.91. The van der Waals surface area contributed by atoms with Crippen molar-refractivity contribution in [1.82, 2.24) is 9.97 Å². The summed E-state index contributed by atoms with van der Waals surface area (Å²) < 4.78 is 13.1. The Kier molecular flexibility index (Phi) is 3.18. The summed E-state index contributed by atoms with van der Waals surface area (Å²) >= 11 is 0.